The number of hydrogen-bond acceptors (Lipinski definition) is 6. The van der Waals surface area contributed by atoms with Gasteiger partial charge in [-0.1, -0.05) is 18.2 Å². The minimum absolute atomic E-state index is 0.547. The number of rotatable bonds is 8. The van der Waals surface area contributed by atoms with Crippen LogP contribution in [0.2, 0.25) is 0 Å². The number of fused-ring (bicyclic) bond motifs is 1. The van der Waals surface area contributed by atoms with Gasteiger partial charge in [-0.2, -0.15) is 0 Å². The van der Waals surface area contributed by atoms with Gasteiger partial charge in [-0.05, 0) is 56.3 Å². The van der Waals surface area contributed by atoms with Crippen molar-refractivity contribution in [2.45, 2.75) is 13.8 Å². The van der Waals surface area contributed by atoms with Crippen LogP contribution in [0.15, 0.2) is 73.1 Å². The van der Waals surface area contributed by atoms with Crippen molar-refractivity contribution in [1.82, 2.24) is 9.97 Å². The fraction of sp³-hybridized carbons (Fsp3) is 0.167. The molecule has 0 unspecified atom stereocenters. The molecular formula is C24H23N3O3. The van der Waals surface area contributed by atoms with Gasteiger partial charge in [0, 0.05) is 17.1 Å². The van der Waals surface area contributed by atoms with Gasteiger partial charge in [0.1, 0.15) is 23.6 Å². The van der Waals surface area contributed by atoms with Crippen LogP contribution in [-0.2, 0) is 0 Å². The molecule has 6 heteroatoms. The number of para-hydroxylation sites is 1. The lowest BCUT2D eigenvalue weighted by Gasteiger charge is -2.14. The van der Waals surface area contributed by atoms with Gasteiger partial charge in [0.25, 0.3) is 0 Å². The SMILES string of the molecule is CCOc1cc2ncnc(Nc3ccc(Oc4ccccc4)cc3)c2cc1OCC. The van der Waals surface area contributed by atoms with Crippen molar-refractivity contribution in [2.24, 2.45) is 0 Å². The van der Waals surface area contributed by atoms with E-state index in [0.29, 0.717) is 30.5 Å². The van der Waals surface area contributed by atoms with E-state index in [9.17, 15) is 0 Å². The Kier molecular flexibility index (Phi) is 5.94. The van der Waals surface area contributed by atoms with Gasteiger partial charge < -0.3 is 19.5 Å². The molecule has 0 bridgehead atoms. The van der Waals surface area contributed by atoms with E-state index in [2.05, 4.69) is 15.3 Å². The highest BCUT2D eigenvalue weighted by Gasteiger charge is 2.12. The molecule has 0 aliphatic carbocycles. The van der Waals surface area contributed by atoms with Crippen LogP contribution in [-0.4, -0.2) is 23.2 Å². The van der Waals surface area contributed by atoms with Crippen molar-refractivity contribution in [3.63, 3.8) is 0 Å². The first kappa shape index (κ1) is 19.5. The Morgan fingerprint density at radius 3 is 2.13 bits per heavy atom. The predicted molar refractivity (Wildman–Crippen MR) is 118 cm³/mol. The lowest BCUT2D eigenvalue weighted by atomic mass is 10.2. The third kappa shape index (κ3) is 4.43. The molecule has 0 atom stereocenters. The Labute approximate surface area is 175 Å². The zero-order valence-electron chi connectivity index (χ0n) is 17.0. The molecule has 1 heterocycles. The fourth-order valence-corrected chi connectivity index (χ4v) is 3.07. The summed E-state index contributed by atoms with van der Waals surface area (Å²) in [6, 6.07) is 21.2. The summed E-state index contributed by atoms with van der Waals surface area (Å²) in [5, 5.41) is 4.21. The highest BCUT2D eigenvalue weighted by molar-refractivity contribution is 5.93. The van der Waals surface area contributed by atoms with E-state index in [0.717, 1.165) is 28.1 Å². The molecule has 0 saturated heterocycles. The van der Waals surface area contributed by atoms with Crippen LogP contribution in [0.5, 0.6) is 23.0 Å². The van der Waals surface area contributed by atoms with Crippen LogP contribution < -0.4 is 19.5 Å². The summed E-state index contributed by atoms with van der Waals surface area (Å²) >= 11 is 0. The zero-order chi connectivity index (χ0) is 20.8. The number of nitrogens with one attached hydrogen (secondary N) is 1. The number of aromatic nitrogens is 2. The summed E-state index contributed by atoms with van der Waals surface area (Å²) in [6.45, 7) is 4.99. The van der Waals surface area contributed by atoms with Gasteiger partial charge in [0.15, 0.2) is 11.5 Å². The van der Waals surface area contributed by atoms with Gasteiger partial charge in [-0.25, -0.2) is 9.97 Å². The third-order valence-corrected chi connectivity index (χ3v) is 4.40. The monoisotopic (exact) mass is 401 g/mol. The van der Waals surface area contributed by atoms with Crippen molar-refractivity contribution >= 4 is 22.4 Å². The number of anilines is 2. The largest absolute Gasteiger partial charge is 0.490 e. The second-order valence-electron chi connectivity index (χ2n) is 6.47. The van der Waals surface area contributed by atoms with E-state index < -0.39 is 0 Å². The van der Waals surface area contributed by atoms with Gasteiger partial charge in [0.2, 0.25) is 0 Å². The molecule has 4 rings (SSSR count). The summed E-state index contributed by atoms with van der Waals surface area (Å²) in [5.74, 6) is 3.61. The van der Waals surface area contributed by atoms with E-state index in [1.807, 2.05) is 80.6 Å². The van der Waals surface area contributed by atoms with Crippen LogP contribution in [0.4, 0.5) is 11.5 Å². The van der Waals surface area contributed by atoms with Crippen molar-refractivity contribution in [1.29, 1.82) is 0 Å². The van der Waals surface area contributed by atoms with E-state index >= 15 is 0 Å². The van der Waals surface area contributed by atoms with Crippen molar-refractivity contribution < 1.29 is 14.2 Å². The average Bonchev–Trinajstić information content (AvgIpc) is 2.77. The lowest BCUT2D eigenvalue weighted by molar-refractivity contribution is 0.288. The Morgan fingerprint density at radius 1 is 0.767 bits per heavy atom. The van der Waals surface area contributed by atoms with Crippen LogP contribution in [0, 0.1) is 0 Å². The molecule has 1 aromatic heterocycles. The van der Waals surface area contributed by atoms with Crippen LogP contribution in [0.3, 0.4) is 0 Å². The minimum atomic E-state index is 0.547. The highest BCUT2D eigenvalue weighted by Crippen LogP contribution is 2.35. The maximum atomic E-state index is 5.85. The molecular weight excluding hydrogens is 378 g/mol. The molecule has 0 radical (unpaired) electrons. The summed E-state index contributed by atoms with van der Waals surface area (Å²) < 4.78 is 17.3. The molecule has 6 nitrogen and oxygen atoms in total. The number of ether oxygens (including phenoxy) is 3. The number of benzene rings is 3. The molecule has 4 aromatic rings. The summed E-state index contributed by atoms with van der Waals surface area (Å²) in [4.78, 5) is 8.80. The first-order valence-electron chi connectivity index (χ1n) is 9.91. The second kappa shape index (κ2) is 9.13. The highest BCUT2D eigenvalue weighted by atomic mass is 16.5. The van der Waals surface area contributed by atoms with Gasteiger partial charge in [0.05, 0.1) is 18.7 Å². The smallest absolute Gasteiger partial charge is 0.163 e. The topological polar surface area (TPSA) is 65.5 Å². The first-order valence-corrected chi connectivity index (χ1v) is 9.91. The zero-order valence-corrected chi connectivity index (χ0v) is 17.0. The minimum Gasteiger partial charge on any atom is -0.490 e. The van der Waals surface area contributed by atoms with Crippen LogP contribution >= 0.6 is 0 Å². The second-order valence-corrected chi connectivity index (χ2v) is 6.47. The molecule has 0 fully saturated rings. The van der Waals surface area contributed by atoms with Crippen molar-refractivity contribution in [3.8, 4) is 23.0 Å². The molecule has 0 amide bonds. The average molecular weight is 401 g/mol. The van der Waals surface area contributed by atoms with E-state index in [4.69, 9.17) is 14.2 Å². The molecule has 0 aliphatic heterocycles. The van der Waals surface area contributed by atoms with Crippen molar-refractivity contribution in [2.75, 3.05) is 18.5 Å². The Morgan fingerprint density at radius 2 is 1.43 bits per heavy atom. The van der Waals surface area contributed by atoms with Crippen molar-refractivity contribution in [3.05, 3.63) is 73.1 Å². The number of nitrogens with zero attached hydrogens (tertiary/aromatic N) is 2. The lowest BCUT2D eigenvalue weighted by Crippen LogP contribution is -2.01. The Bertz CT molecular complexity index is 1120. The quantitative estimate of drug-likeness (QED) is 0.393. The standard InChI is InChI=1S/C24H23N3O3/c1-3-28-22-14-20-21(15-23(22)29-4-2)25-16-26-24(20)27-17-10-12-19(13-11-17)30-18-8-6-5-7-9-18/h5-16H,3-4H2,1-2H3,(H,25,26,27). The van der Waals surface area contributed by atoms with Gasteiger partial charge in [-0.15, -0.1) is 0 Å². The first-order chi connectivity index (χ1) is 14.8. The summed E-state index contributed by atoms with van der Waals surface area (Å²) in [7, 11) is 0. The van der Waals surface area contributed by atoms with Crippen LogP contribution in [0.1, 0.15) is 13.8 Å². The van der Waals surface area contributed by atoms with E-state index in [-0.39, 0.29) is 0 Å². The summed E-state index contributed by atoms with van der Waals surface area (Å²) in [5.41, 5.74) is 1.67. The predicted octanol–water partition coefficient (Wildman–Crippen LogP) is 5.96. The fourth-order valence-electron chi connectivity index (χ4n) is 3.07. The number of hydrogen-bond donors (Lipinski definition) is 1. The van der Waals surface area contributed by atoms with Crippen LogP contribution in [0.25, 0.3) is 10.9 Å². The molecule has 0 spiro atoms. The molecule has 152 valence electrons. The summed E-state index contributed by atoms with van der Waals surface area (Å²) in [6.07, 6.45) is 1.54. The molecule has 30 heavy (non-hydrogen) atoms. The van der Waals surface area contributed by atoms with E-state index in [1.165, 1.54) is 6.33 Å². The van der Waals surface area contributed by atoms with Gasteiger partial charge >= 0.3 is 0 Å². The van der Waals surface area contributed by atoms with Gasteiger partial charge in [-0.3, -0.25) is 0 Å². The maximum absolute atomic E-state index is 5.85. The normalized spacial score (nSPS) is 10.6. The molecule has 0 saturated carbocycles. The molecule has 0 aliphatic rings. The third-order valence-electron chi connectivity index (χ3n) is 4.40. The Balaban J connectivity index is 1.59. The maximum Gasteiger partial charge on any atom is 0.163 e. The Hall–Kier alpha value is -3.80. The molecule has 1 N–H and O–H groups in total. The van der Waals surface area contributed by atoms with E-state index in [1.54, 1.807) is 0 Å². The molecule has 3 aromatic carbocycles.